The number of nitrogens with zero attached hydrogens (tertiary/aromatic N) is 1. The maximum absolute atomic E-state index is 12.0. The van der Waals surface area contributed by atoms with E-state index in [1.54, 1.807) is 0 Å². The minimum atomic E-state index is -0.205. The van der Waals surface area contributed by atoms with E-state index in [2.05, 4.69) is 36.3 Å². The predicted octanol–water partition coefficient (Wildman–Crippen LogP) is 3.59. The first kappa shape index (κ1) is 18.6. The molecule has 0 spiro atoms. The van der Waals surface area contributed by atoms with Crippen LogP contribution in [0.5, 0.6) is 0 Å². The molecule has 0 aromatic heterocycles. The Morgan fingerprint density at radius 2 is 2.00 bits per heavy atom. The predicted molar refractivity (Wildman–Crippen MR) is 99.6 cm³/mol. The van der Waals surface area contributed by atoms with Crippen LogP contribution in [0.3, 0.4) is 0 Å². The van der Waals surface area contributed by atoms with E-state index in [-0.39, 0.29) is 12.1 Å². The zero-order valence-electron chi connectivity index (χ0n) is 15.1. The first-order chi connectivity index (χ1) is 11.5. The molecule has 2 unspecified atom stereocenters. The second-order valence-corrected chi connectivity index (χ2v) is 6.95. The highest BCUT2D eigenvalue weighted by Gasteiger charge is 2.20. The number of carbonyl (C=O) groups excluding carboxylic acids is 1. The van der Waals surface area contributed by atoms with Gasteiger partial charge in [0.15, 0.2) is 0 Å². The Bertz CT molecular complexity index is 516. The smallest absolute Gasteiger partial charge is 0.319 e. The maximum atomic E-state index is 12.0. The Balaban J connectivity index is 1.81. The molecular formula is C19H31N3O2. The van der Waals surface area contributed by atoms with Crippen LogP contribution in [-0.2, 0) is 0 Å². The summed E-state index contributed by atoms with van der Waals surface area (Å²) in [5, 5.41) is 15.5. The quantitative estimate of drug-likeness (QED) is 0.745. The fourth-order valence-corrected chi connectivity index (χ4v) is 3.44. The number of aliphatic hydroxyl groups is 1. The van der Waals surface area contributed by atoms with E-state index in [1.807, 2.05) is 24.3 Å². The summed E-state index contributed by atoms with van der Waals surface area (Å²) in [6.45, 7) is 8.06. The van der Waals surface area contributed by atoms with Gasteiger partial charge < -0.3 is 20.6 Å². The molecule has 1 saturated carbocycles. The number of anilines is 2. The number of rotatable bonds is 6. The van der Waals surface area contributed by atoms with Gasteiger partial charge in [0.2, 0.25) is 0 Å². The van der Waals surface area contributed by atoms with Crippen LogP contribution >= 0.6 is 0 Å². The number of aliphatic hydroxyl groups excluding tert-OH is 1. The Hall–Kier alpha value is -1.75. The molecule has 1 fully saturated rings. The molecule has 5 heteroatoms. The first-order valence-corrected chi connectivity index (χ1v) is 9.09. The summed E-state index contributed by atoms with van der Waals surface area (Å²) < 4.78 is 0. The summed E-state index contributed by atoms with van der Waals surface area (Å²) in [6.07, 6.45) is 3.59. The summed E-state index contributed by atoms with van der Waals surface area (Å²) in [5.74, 6) is 0.381. The van der Waals surface area contributed by atoms with Gasteiger partial charge in [0.05, 0.1) is 6.10 Å². The van der Waals surface area contributed by atoms with Gasteiger partial charge in [0.25, 0.3) is 0 Å². The van der Waals surface area contributed by atoms with Crippen molar-refractivity contribution >= 4 is 17.4 Å². The minimum Gasteiger partial charge on any atom is -0.393 e. The summed E-state index contributed by atoms with van der Waals surface area (Å²) in [7, 11) is 0. The largest absolute Gasteiger partial charge is 0.393 e. The van der Waals surface area contributed by atoms with Crippen LogP contribution < -0.4 is 15.5 Å². The van der Waals surface area contributed by atoms with Crippen molar-refractivity contribution in [2.45, 2.75) is 58.6 Å². The molecule has 5 nitrogen and oxygen atoms in total. The van der Waals surface area contributed by atoms with E-state index in [4.69, 9.17) is 0 Å². The highest BCUT2D eigenvalue weighted by molar-refractivity contribution is 5.89. The fraction of sp³-hybridized carbons (Fsp3) is 0.632. The number of amides is 2. The molecule has 2 amide bonds. The SMILES string of the molecule is CCN(c1ccc(NC(=O)NCC2CCCC(O)C2)cc1)C(C)C. The number of hydrogen-bond donors (Lipinski definition) is 3. The Labute approximate surface area is 145 Å². The van der Waals surface area contributed by atoms with Gasteiger partial charge in [-0.15, -0.1) is 0 Å². The van der Waals surface area contributed by atoms with Crippen molar-refractivity contribution in [2.24, 2.45) is 5.92 Å². The molecule has 0 bridgehead atoms. The highest BCUT2D eigenvalue weighted by atomic mass is 16.3. The van der Waals surface area contributed by atoms with Gasteiger partial charge in [-0.2, -0.15) is 0 Å². The van der Waals surface area contributed by atoms with E-state index in [9.17, 15) is 9.90 Å². The van der Waals surface area contributed by atoms with Crippen molar-refractivity contribution in [1.29, 1.82) is 0 Å². The number of nitrogens with one attached hydrogen (secondary N) is 2. The zero-order chi connectivity index (χ0) is 17.5. The monoisotopic (exact) mass is 333 g/mol. The standard InChI is InChI=1S/C19H31N3O2/c1-4-22(14(2)3)17-10-8-16(9-11-17)21-19(24)20-13-15-6-5-7-18(23)12-15/h8-11,14-15,18,23H,4-7,12-13H2,1-3H3,(H2,20,21,24). The molecule has 2 atom stereocenters. The summed E-state index contributed by atoms with van der Waals surface area (Å²) in [5.41, 5.74) is 1.95. The fourth-order valence-electron chi connectivity index (χ4n) is 3.44. The topological polar surface area (TPSA) is 64.6 Å². The second-order valence-electron chi connectivity index (χ2n) is 6.95. The third-order valence-electron chi connectivity index (χ3n) is 4.73. The van der Waals surface area contributed by atoms with Crippen LogP contribution in [0.1, 0.15) is 46.5 Å². The third-order valence-corrected chi connectivity index (χ3v) is 4.73. The molecule has 1 aromatic rings. The highest BCUT2D eigenvalue weighted by Crippen LogP contribution is 2.23. The van der Waals surface area contributed by atoms with Gasteiger partial charge in [-0.3, -0.25) is 0 Å². The first-order valence-electron chi connectivity index (χ1n) is 9.09. The average molecular weight is 333 g/mol. The van der Waals surface area contributed by atoms with Crippen LogP contribution in [0.25, 0.3) is 0 Å². The van der Waals surface area contributed by atoms with Crippen LogP contribution in [0.4, 0.5) is 16.2 Å². The van der Waals surface area contributed by atoms with Crippen molar-refractivity contribution in [2.75, 3.05) is 23.3 Å². The molecule has 1 aliphatic rings. The number of hydrogen-bond acceptors (Lipinski definition) is 3. The van der Waals surface area contributed by atoms with E-state index >= 15 is 0 Å². The van der Waals surface area contributed by atoms with Crippen LogP contribution in [0.15, 0.2) is 24.3 Å². The third kappa shape index (κ3) is 5.41. The molecule has 1 aromatic carbocycles. The van der Waals surface area contributed by atoms with E-state index < -0.39 is 0 Å². The minimum absolute atomic E-state index is 0.181. The number of urea groups is 1. The molecule has 24 heavy (non-hydrogen) atoms. The summed E-state index contributed by atoms with van der Waals surface area (Å²) in [6, 6.07) is 8.21. The molecule has 0 radical (unpaired) electrons. The Morgan fingerprint density at radius 1 is 1.29 bits per heavy atom. The number of carbonyl (C=O) groups is 1. The van der Waals surface area contributed by atoms with Crippen molar-refractivity contribution in [3.05, 3.63) is 24.3 Å². The lowest BCUT2D eigenvalue weighted by atomic mass is 9.87. The molecule has 134 valence electrons. The summed E-state index contributed by atoms with van der Waals surface area (Å²) >= 11 is 0. The lowest BCUT2D eigenvalue weighted by Crippen LogP contribution is -2.35. The molecular weight excluding hydrogens is 302 g/mol. The normalized spacial score (nSPS) is 20.7. The van der Waals surface area contributed by atoms with Crippen molar-refractivity contribution in [3.63, 3.8) is 0 Å². The van der Waals surface area contributed by atoms with Crippen LogP contribution in [0, 0.1) is 5.92 Å². The van der Waals surface area contributed by atoms with E-state index in [1.165, 1.54) is 0 Å². The summed E-state index contributed by atoms with van der Waals surface area (Å²) in [4.78, 5) is 14.3. The van der Waals surface area contributed by atoms with Gasteiger partial charge >= 0.3 is 6.03 Å². The number of benzene rings is 1. The molecule has 3 N–H and O–H groups in total. The van der Waals surface area contributed by atoms with Crippen molar-refractivity contribution < 1.29 is 9.90 Å². The van der Waals surface area contributed by atoms with Gasteiger partial charge in [0, 0.05) is 30.5 Å². The lowest BCUT2D eigenvalue weighted by molar-refractivity contribution is 0.101. The molecule has 2 rings (SSSR count). The molecule has 0 heterocycles. The van der Waals surface area contributed by atoms with Crippen LogP contribution in [0.2, 0.25) is 0 Å². The van der Waals surface area contributed by atoms with E-state index in [0.29, 0.717) is 18.5 Å². The molecule has 0 aliphatic heterocycles. The molecule has 1 aliphatic carbocycles. The maximum Gasteiger partial charge on any atom is 0.319 e. The second kappa shape index (κ2) is 8.92. The zero-order valence-corrected chi connectivity index (χ0v) is 15.1. The Morgan fingerprint density at radius 3 is 2.58 bits per heavy atom. The van der Waals surface area contributed by atoms with Crippen molar-refractivity contribution in [3.8, 4) is 0 Å². The molecule has 0 saturated heterocycles. The van der Waals surface area contributed by atoms with Gasteiger partial charge in [-0.05, 0) is 70.2 Å². The van der Waals surface area contributed by atoms with Gasteiger partial charge in [-0.25, -0.2) is 4.79 Å². The van der Waals surface area contributed by atoms with Crippen LogP contribution in [-0.4, -0.2) is 36.4 Å². The average Bonchev–Trinajstić information content (AvgIpc) is 2.55. The van der Waals surface area contributed by atoms with Gasteiger partial charge in [-0.1, -0.05) is 6.42 Å². The van der Waals surface area contributed by atoms with Crippen molar-refractivity contribution in [1.82, 2.24) is 5.32 Å². The van der Waals surface area contributed by atoms with Gasteiger partial charge in [0.1, 0.15) is 0 Å². The lowest BCUT2D eigenvalue weighted by Gasteiger charge is -2.27. The Kier molecular flexibility index (Phi) is 6.91. The van der Waals surface area contributed by atoms with E-state index in [0.717, 1.165) is 43.6 Å².